The van der Waals surface area contributed by atoms with Gasteiger partial charge < -0.3 is 29.2 Å². The molecule has 0 saturated heterocycles. The maximum absolute atomic E-state index is 12.5. The Bertz CT molecular complexity index is 859. The van der Waals surface area contributed by atoms with Gasteiger partial charge in [-0.2, -0.15) is 0 Å². The van der Waals surface area contributed by atoms with Crippen molar-refractivity contribution < 1.29 is 28.5 Å². The SMILES string of the molecule is COc1cccc(NC(=O)CN(C)C(=O)CCc2cc(OC)c(OC)c(OC)c2)c1. The maximum atomic E-state index is 12.5. The maximum Gasteiger partial charge on any atom is 0.243 e. The van der Waals surface area contributed by atoms with Crippen molar-refractivity contribution in [3.8, 4) is 23.0 Å². The van der Waals surface area contributed by atoms with Crippen molar-refractivity contribution in [2.24, 2.45) is 0 Å². The van der Waals surface area contributed by atoms with E-state index in [4.69, 9.17) is 18.9 Å². The van der Waals surface area contributed by atoms with Crippen molar-refractivity contribution in [2.45, 2.75) is 12.8 Å². The number of carbonyl (C=O) groups excluding carboxylic acids is 2. The molecule has 8 heteroatoms. The van der Waals surface area contributed by atoms with Crippen molar-refractivity contribution in [1.29, 1.82) is 0 Å². The lowest BCUT2D eigenvalue weighted by molar-refractivity contribution is -0.133. The van der Waals surface area contributed by atoms with E-state index in [9.17, 15) is 9.59 Å². The van der Waals surface area contributed by atoms with Gasteiger partial charge >= 0.3 is 0 Å². The lowest BCUT2D eigenvalue weighted by Crippen LogP contribution is -2.35. The van der Waals surface area contributed by atoms with Crippen LogP contribution in [0.4, 0.5) is 5.69 Å². The predicted molar refractivity (Wildman–Crippen MR) is 114 cm³/mol. The fourth-order valence-electron chi connectivity index (χ4n) is 2.93. The summed E-state index contributed by atoms with van der Waals surface area (Å²) in [6.07, 6.45) is 0.707. The van der Waals surface area contributed by atoms with Gasteiger partial charge in [-0.25, -0.2) is 0 Å². The van der Waals surface area contributed by atoms with Gasteiger partial charge in [0.1, 0.15) is 5.75 Å². The number of nitrogens with one attached hydrogen (secondary N) is 1. The zero-order valence-electron chi connectivity index (χ0n) is 18.0. The van der Waals surface area contributed by atoms with Gasteiger partial charge in [-0.15, -0.1) is 0 Å². The first-order valence-corrected chi connectivity index (χ1v) is 9.38. The Morgan fingerprint density at radius 2 is 1.60 bits per heavy atom. The molecule has 0 heterocycles. The van der Waals surface area contributed by atoms with Gasteiger partial charge in [-0.3, -0.25) is 9.59 Å². The van der Waals surface area contributed by atoms with Crippen LogP contribution in [0.15, 0.2) is 36.4 Å². The number of hydrogen-bond acceptors (Lipinski definition) is 6. The van der Waals surface area contributed by atoms with Gasteiger partial charge in [0, 0.05) is 25.2 Å². The van der Waals surface area contributed by atoms with E-state index in [1.807, 2.05) is 12.1 Å². The van der Waals surface area contributed by atoms with Crippen LogP contribution in [0.3, 0.4) is 0 Å². The molecule has 0 aliphatic carbocycles. The normalized spacial score (nSPS) is 10.2. The van der Waals surface area contributed by atoms with Crippen LogP contribution >= 0.6 is 0 Å². The van der Waals surface area contributed by atoms with Crippen molar-refractivity contribution in [3.63, 3.8) is 0 Å². The molecule has 0 bridgehead atoms. The molecular weight excluding hydrogens is 388 g/mol. The number of methoxy groups -OCH3 is 4. The summed E-state index contributed by atoms with van der Waals surface area (Å²) in [4.78, 5) is 26.1. The molecule has 162 valence electrons. The molecule has 0 spiro atoms. The highest BCUT2D eigenvalue weighted by atomic mass is 16.5. The third-order valence-electron chi connectivity index (χ3n) is 4.51. The second-order valence-electron chi connectivity index (χ2n) is 6.56. The van der Waals surface area contributed by atoms with E-state index in [-0.39, 0.29) is 24.8 Å². The average Bonchev–Trinajstić information content (AvgIpc) is 2.76. The van der Waals surface area contributed by atoms with E-state index in [0.29, 0.717) is 35.1 Å². The number of nitrogens with zero attached hydrogens (tertiary/aromatic N) is 1. The van der Waals surface area contributed by atoms with Crippen LogP contribution in [-0.2, 0) is 16.0 Å². The number of aryl methyl sites for hydroxylation is 1. The summed E-state index contributed by atoms with van der Waals surface area (Å²) in [5.74, 6) is 1.77. The quantitative estimate of drug-likeness (QED) is 0.641. The second-order valence-corrected chi connectivity index (χ2v) is 6.56. The Balaban J connectivity index is 1.93. The standard InChI is InChI=1S/C22H28N2O6/c1-24(14-20(25)23-16-7-6-8-17(13-16)27-2)21(26)10-9-15-11-18(28-3)22(30-5)19(12-15)29-4/h6-8,11-13H,9-10,14H2,1-5H3,(H,23,25). The van der Waals surface area contributed by atoms with Crippen LogP contribution in [0.25, 0.3) is 0 Å². The fraction of sp³-hybridized carbons (Fsp3) is 0.364. The average molecular weight is 416 g/mol. The largest absolute Gasteiger partial charge is 0.497 e. The summed E-state index contributed by atoms with van der Waals surface area (Å²) in [7, 11) is 7.78. The minimum absolute atomic E-state index is 0.0503. The third kappa shape index (κ3) is 6.04. The molecule has 2 aromatic carbocycles. The Hall–Kier alpha value is -3.42. The van der Waals surface area contributed by atoms with Crippen molar-refractivity contribution in [1.82, 2.24) is 4.90 Å². The fourth-order valence-corrected chi connectivity index (χ4v) is 2.93. The van der Waals surface area contributed by atoms with Crippen molar-refractivity contribution >= 4 is 17.5 Å². The Morgan fingerprint density at radius 1 is 0.933 bits per heavy atom. The van der Waals surface area contributed by atoms with E-state index < -0.39 is 0 Å². The summed E-state index contributed by atoms with van der Waals surface area (Å²) in [5.41, 5.74) is 1.48. The Morgan fingerprint density at radius 3 is 2.17 bits per heavy atom. The number of hydrogen-bond donors (Lipinski definition) is 1. The van der Waals surface area contributed by atoms with Gasteiger partial charge in [-0.1, -0.05) is 6.07 Å². The number of carbonyl (C=O) groups is 2. The predicted octanol–water partition coefficient (Wildman–Crippen LogP) is 2.75. The highest BCUT2D eigenvalue weighted by molar-refractivity contribution is 5.94. The number of rotatable bonds is 10. The number of benzene rings is 2. The Kier molecular flexibility index (Phi) is 8.34. The molecule has 0 aliphatic rings. The summed E-state index contributed by atoms with van der Waals surface area (Å²) < 4.78 is 21.1. The smallest absolute Gasteiger partial charge is 0.243 e. The highest BCUT2D eigenvalue weighted by Crippen LogP contribution is 2.38. The molecule has 8 nitrogen and oxygen atoms in total. The molecule has 0 aliphatic heterocycles. The van der Waals surface area contributed by atoms with Crippen LogP contribution in [0.5, 0.6) is 23.0 Å². The monoisotopic (exact) mass is 416 g/mol. The number of anilines is 1. The zero-order valence-corrected chi connectivity index (χ0v) is 18.0. The molecule has 0 fully saturated rings. The minimum atomic E-state index is -0.285. The first-order chi connectivity index (χ1) is 14.4. The Labute approximate surface area is 176 Å². The molecule has 0 unspecified atom stereocenters. The number of amides is 2. The molecule has 0 radical (unpaired) electrons. The minimum Gasteiger partial charge on any atom is -0.497 e. The third-order valence-corrected chi connectivity index (χ3v) is 4.51. The number of ether oxygens (including phenoxy) is 4. The summed E-state index contributed by atoms with van der Waals surface area (Å²) in [5, 5.41) is 2.76. The summed E-state index contributed by atoms with van der Waals surface area (Å²) >= 11 is 0. The van der Waals surface area contributed by atoms with Gasteiger partial charge in [0.15, 0.2) is 11.5 Å². The second kappa shape index (κ2) is 10.9. The lowest BCUT2D eigenvalue weighted by atomic mass is 10.1. The number of likely N-dealkylation sites (N-methyl/N-ethyl adjacent to an activating group) is 1. The van der Waals surface area contributed by atoms with Crippen LogP contribution in [0, 0.1) is 0 Å². The van der Waals surface area contributed by atoms with Gasteiger partial charge in [0.05, 0.1) is 35.0 Å². The molecule has 30 heavy (non-hydrogen) atoms. The van der Waals surface area contributed by atoms with Crippen LogP contribution in [0.1, 0.15) is 12.0 Å². The molecule has 1 N–H and O–H groups in total. The van der Waals surface area contributed by atoms with Crippen LogP contribution < -0.4 is 24.3 Å². The van der Waals surface area contributed by atoms with E-state index in [1.165, 1.54) is 12.0 Å². The van der Waals surface area contributed by atoms with E-state index >= 15 is 0 Å². The van der Waals surface area contributed by atoms with E-state index in [1.54, 1.807) is 52.6 Å². The molecular formula is C22H28N2O6. The van der Waals surface area contributed by atoms with Gasteiger partial charge in [0.2, 0.25) is 17.6 Å². The molecule has 2 amide bonds. The van der Waals surface area contributed by atoms with Crippen LogP contribution in [0.2, 0.25) is 0 Å². The lowest BCUT2D eigenvalue weighted by Gasteiger charge is -2.18. The molecule has 0 atom stereocenters. The molecule has 0 saturated carbocycles. The van der Waals surface area contributed by atoms with E-state index in [0.717, 1.165) is 5.56 Å². The highest BCUT2D eigenvalue weighted by Gasteiger charge is 2.16. The van der Waals surface area contributed by atoms with Gasteiger partial charge in [-0.05, 0) is 36.2 Å². The molecule has 2 aromatic rings. The zero-order chi connectivity index (χ0) is 22.1. The topological polar surface area (TPSA) is 86.3 Å². The van der Waals surface area contributed by atoms with Crippen molar-refractivity contribution in [2.75, 3.05) is 47.3 Å². The first kappa shape index (κ1) is 22.9. The summed E-state index contributed by atoms with van der Waals surface area (Å²) in [6, 6.07) is 10.7. The van der Waals surface area contributed by atoms with Crippen LogP contribution in [-0.4, -0.2) is 58.7 Å². The summed E-state index contributed by atoms with van der Waals surface area (Å²) in [6.45, 7) is -0.0503. The van der Waals surface area contributed by atoms with Gasteiger partial charge in [0.25, 0.3) is 0 Å². The first-order valence-electron chi connectivity index (χ1n) is 9.38. The van der Waals surface area contributed by atoms with E-state index in [2.05, 4.69) is 5.32 Å². The van der Waals surface area contributed by atoms with Crippen molar-refractivity contribution in [3.05, 3.63) is 42.0 Å². The molecule has 0 aromatic heterocycles. The molecule has 2 rings (SSSR count).